The molecule has 0 aliphatic rings. The Morgan fingerprint density at radius 3 is 1.66 bits per heavy atom. The van der Waals surface area contributed by atoms with Crippen LogP contribution < -0.4 is 25.5 Å². The van der Waals surface area contributed by atoms with Gasteiger partial charge in [-0.05, 0) is 99.0 Å². The molecule has 0 fully saturated rings. The first-order valence-corrected chi connectivity index (χ1v) is 20.1. The molecule has 2 heterocycles. The third-order valence-electron chi connectivity index (χ3n) is 10.5. The van der Waals surface area contributed by atoms with Crippen molar-refractivity contribution in [3.63, 3.8) is 0 Å². The number of pyridine rings is 1. The Labute approximate surface area is 311 Å². The van der Waals surface area contributed by atoms with Gasteiger partial charge in [0.25, 0.3) is 0 Å². The van der Waals surface area contributed by atoms with Gasteiger partial charge >= 0.3 is 0 Å². The van der Waals surface area contributed by atoms with Crippen molar-refractivity contribution >= 4 is 50.6 Å². The van der Waals surface area contributed by atoms with Crippen LogP contribution in [0.1, 0.15) is 5.56 Å². The maximum atomic E-state index is 5.68. The molecule has 0 amide bonds. The second-order valence-corrected chi connectivity index (χ2v) is 17.5. The molecule has 0 unspecified atom stereocenters. The Morgan fingerprint density at radius 1 is 0.472 bits per heavy atom. The summed E-state index contributed by atoms with van der Waals surface area (Å²) >= 11 is 0. The normalized spacial score (nSPS) is 11.6. The molecule has 3 nitrogen and oxygen atoms in total. The standard InChI is InChI=1S/C49H38N2OSi/c1-35-14-12-17-39(30-35)51-48-28-24-37(32-45(48)46-33-40(52-2)25-29-49(46)51)36-15-13-16-38(31-36)47-27-26-44(34-50-47)53(41-18-6-3-7-19-41,42-20-8-4-9-21-42)43-22-10-5-11-23-43/h3-34H,1-2H3. The van der Waals surface area contributed by atoms with Gasteiger partial charge < -0.3 is 9.30 Å². The lowest BCUT2D eigenvalue weighted by Crippen LogP contribution is -2.74. The van der Waals surface area contributed by atoms with Crippen LogP contribution in [0.15, 0.2) is 194 Å². The zero-order chi connectivity index (χ0) is 35.8. The number of fused-ring (bicyclic) bond motifs is 3. The van der Waals surface area contributed by atoms with Crippen molar-refractivity contribution in [3.05, 3.63) is 200 Å². The summed E-state index contributed by atoms with van der Waals surface area (Å²) in [6.07, 6.45) is 2.13. The zero-order valence-electron chi connectivity index (χ0n) is 29.8. The van der Waals surface area contributed by atoms with E-state index in [1.165, 1.54) is 42.6 Å². The van der Waals surface area contributed by atoms with Gasteiger partial charge in [-0.25, -0.2) is 0 Å². The Balaban J connectivity index is 1.15. The van der Waals surface area contributed by atoms with E-state index in [0.29, 0.717) is 0 Å². The maximum Gasteiger partial charge on any atom is 0.181 e. The van der Waals surface area contributed by atoms with E-state index < -0.39 is 8.07 Å². The van der Waals surface area contributed by atoms with Crippen LogP contribution in [-0.2, 0) is 0 Å². The third-order valence-corrected chi connectivity index (χ3v) is 15.3. The number of hydrogen-bond acceptors (Lipinski definition) is 2. The number of ether oxygens (including phenoxy) is 1. The molecule has 0 atom stereocenters. The molecule has 9 rings (SSSR count). The Bertz CT molecular complexity index is 2610. The van der Waals surface area contributed by atoms with Gasteiger partial charge in [-0.3, -0.25) is 4.98 Å². The van der Waals surface area contributed by atoms with E-state index in [9.17, 15) is 0 Å². The minimum absolute atomic E-state index is 0.849. The van der Waals surface area contributed by atoms with E-state index in [-0.39, 0.29) is 0 Å². The summed E-state index contributed by atoms with van der Waals surface area (Å²) in [4.78, 5) is 5.20. The smallest absolute Gasteiger partial charge is 0.181 e. The quantitative estimate of drug-likeness (QED) is 0.117. The van der Waals surface area contributed by atoms with Gasteiger partial charge in [-0.15, -0.1) is 0 Å². The fourth-order valence-corrected chi connectivity index (χ4v) is 12.7. The van der Waals surface area contributed by atoms with Crippen molar-refractivity contribution in [1.29, 1.82) is 0 Å². The number of aryl methyl sites for hydroxylation is 1. The van der Waals surface area contributed by atoms with E-state index in [0.717, 1.165) is 39.3 Å². The summed E-state index contributed by atoms with van der Waals surface area (Å²) in [6.45, 7) is 2.14. The molecular weight excluding hydrogens is 661 g/mol. The average molecular weight is 699 g/mol. The van der Waals surface area contributed by atoms with Crippen LogP contribution in [0.25, 0.3) is 49.9 Å². The molecule has 0 bridgehead atoms. The lowest BCUT2D eigenvalue weighted by molar-refractivity contribution is 0.415. The van der Waals surface area contributed by atoms with Crippen LogP contribution in [0.3, 0.4) is 0 Å². The van der Waals surface area contributed by atoms with Gasteiger partial charge in [0, 0.05) is 28.2 Å². The first-order valence-electron chi connectivity index (χ1n) is 18.1. The Kier molecular flexibility index (Phi) is 8.30. The summed E-state index contributed by atoms with van der Waals surface area (Å²) in [5.41, 5.74) is 9.05. The second kappa shape index (κ2) is 13.6. The van der Waals surface area contributed by atoms with Crippen LogP contribution in [0.5, 0.6) is 5.75 Å². The van der Waals surface area contributed by atoms with Crippen molar-refractivity contribution in [2.45, 2.75) is 6.92 Å². The summed E-state index contributed by atoms with van der Waals surface area (Å²) < 4.78 is 8.03. The maximum absolute atomic E-state index is 5.68. The van der Waals surface area contributed by atoms with Gasteiger partial charge in [0.05, 0.1) is 23.8 Å². The number of rotatable bonds is 8. The number of nitrogens with zero attached hydrogens (tertiary/aromatic N) is 2. The highest BCUT2D eigenvalue weighted by atomic mass is 28.3. The number of hydrogen-bond donors (Lipinski definition) is 0. The molecule has 4 heteroatoms. The van der Waals surface area contributed by atoms with Crippen molar-refractivity contribution in [1.82, 2.24) is 9.55 Å². The molecule has 7 aromatic carbocycles. The molecule has 0 saturated carbocycles. The average Bonchev–Trinajstić information content (AvgIpc) is 3.55. The molecule has 0 saturated heterocycles. The molecule has 53 heavy (non-hydrogen) atoms. The zero-order valence-corrected chi connectivity index (χ0v) is 30.8. The van der Waals surface area contributed by atoms with Crippen LogP contribution in [-0.4, -0.2) is 24.7 Å². The molecule has 9 aromatic rings. The molecule has 0 aliphatic carbocycles. The Morgan fingerprint density at radius 2 is 1.06 bits per heavy atom. The molecule has 2 aromatic heterocycles. The van der Waals surface area contributed by atoms with Crippen LogP contribution in [0.4, 0.5) is 0 Å². The van der Waals surface area contributed by atoms with Crippen LogP contribution >= 0.6 is 0 Å². The number of aromatic nitrogens is 2. The molecule has 0 spiro atoms. The van der Waals surface area contributed by atoms with Gasteiger partial charge in [0.15, 0.2) is 8.07 Å². The predicted octanol–water partition coefficient (Wildman–Crippen LogP) is 9.21. The topological polar surface area (TPSA) is 27.1 Å². The van der Waals surface area contributed by atoms with Gasteiger partial charge in [0.2, 0.25) is 0 Å². The lowest BCUT2D eigenvalue weighted by Gasteiger charge is -2.34. The Hall–Kier alpha value is -6.49. The van der Waals surface area contributed by atoms with Gasteiger partial charge in [0.1, 0.15) is 5.75 Å². The minimum atomic E-state index is -2.64. The predicted molar refractivity (Wildman–Crippen MR) is 224 cm³/mol. The third kappa shape index (κ3) is 5.65. The summed E-state index contributed by atoms with van der Waals surface area (Å²) in [7, 11) is -0.914. The van der Waals surface area contributed by atoms with Crippen LogP contribution in [0.2, 0.25) is 0 Å². The van der Waals surface area contributed by atoms with E-state index in [2.05, 4.69) is 200 Å². The highest BCUT2D eigenvalue weighted by Crippen LogP contribution is 2.37. The van der Waals surface area contributed by atoms with Crippen molar-refractivity contribution in [2.75, 3.05) is 7.11 Å². The SMILES string of the molecule is COc1ccc2c(c1)c1cc(-c3cccc(-c4ccc([Si](c5ccccc5)(c5ccccc5)c5ccccc5)cn4)c3)ccc1n2-c1cccc(C)c1. The van der Waals surface area contributed by atoms with Crippen molar-refractivity contribution < 1.29 is 4.74 Å². The summed E-state index contributed by atoms with van der Waals surface area (Å²) in [6, 6.07) is 68.1. The molecule has 0 aliphatic heterocycles. The van der Waals surface area contributed by atoms with Crippen molar-refractivity contribution in [3.8, 4) is 33.8 Å². The fraction of sp³-hybridized carbons (Fsp3) is 0.0408. The van der Waals surface area contributed by atoms with Crippen LogP contribution in [0, 0.1) is 6.92 Å². The first-order chi connectivity index (χ1) is 26.1. The fourth-order valence-electron chi connectivity index (χ4n) is 8.06. The first kappa shape index (κ1) is 32.4. The van der Waals surface area contributed by atoms with Gasteiger partial charge in [-0.2, -0.15) is 0 Å². The highest BCUT2D eigenvalue weighted by molar-refractivity contribution is 7.19. The molecule has 0 N–H and O–H groups in total. The highest BCUT2D eigenvalue weighted by Gasteiger charge is 2.41. The molecule has 0 radical (unpaired) electrons. The number of methoxy groups -OCH3 is 1. The minimum Gasteiger partial charge on any atom is -0.497 e. The van der Waals surface area contributed by atoms with E-state index in [4.69, 9.17) is 9.72 Å². The van der Waals surface area contributed by atoms with E-state index in [1.807, 2.05) is 6.07 Å². The second-order valence-electron chi connectivity index (χ2n) is 13.7. The lowest BCUT2D eigenvalue weighted by atomic mass is 9.99. The summed E-state index contributed by atoms with van der Waals surface area (Å²) in [5.74, 6) is 0.849. The molecular formula is C49H38N2OSi. The van der Waals surface area contributed by atoms with E-state index >= 15 is 0 Å². The monoisotopic (exact) mass is 698 g/mol. The molecule has 254 valence electrons. The number of benzene rings is 7. The van der Waals surface area contributed by atoms with Crippen molar-refractivity contribution in [2.24, 2.45) is 0 Å². The largest absolute Gasteiger partial charge is 0.497 e. The summed E-state index contributed by atoms with van der Waals surface area (Å²) in [5, 5.41) is 7.63. The van der Waals surface area contributed by atoms with E-state index in [1.54, 1.807) is 7.11 Å². The van der Waals surface area contributed by atoms with Gasteiger partial charge in [-0.1, -0.05) is 133 Å².